The maximum atomic E-state index is 6.63. The lowest BCUT2D eigenvalue weighted by atomic mass is 9.87. The molecule has 0 radical (unpaired) electrons. The van der Waals surface area contributed by atoms with Crippen molar-refractivity contribution in [1.29, 1.82) is 0 Å². The summed E-state index contributed by atoms with van der Waals surface area (Å²) in [5, 5.41) is 6.76. The summed E-state index contributed by atoms with van der Waals surface area (Å²) in [6.45, 7) is 2.07. The van der Waals surface area contributed by atoms with Crippen LogP contribution in [0.25, 0.3) is 27.8 Å². The van der Waals surface area contributed by atoms with Crippen LogP contribution in [0.2, 0.25) is 5.02 Å². The molecule has 4 aromatic rings. The van der Waals surface area contributed by atoms with Gasteiger partial charge in [0, 0.05) is 21.8 Å². The van der Waals surface area contributed by atoms with Crippen molar-refractivity contribution in [2.24, 2.45) is 0 Å². The molecule has 0 atom stereocenters. The average Bonchev–Trinajstić information content (AvgIpc) is 3.04. The SMILES string of the molecule is Cc1nn(-c2ccccc2)c2nc3c(c(-c4ccccc4Cl)c12)CCCC3. The molecule has 1 aliphatic carbocycles. The van der Waals surface area contributed by atoms with Gasteiger partial charge in [0.05, 0.1) is 16.8 Å². The summed E-state index contributed by atoms with van der Waals surface area (Å²) < 4.78 is 1.97. The minimum Gasteiger partial charge on any atom is -0.233 e. The van der Waals surface area contributed by atoms with Crippen molar-refractivity contribution in [3.8, 4) is 16.8 Å². The Kier molecular flexibility index (Phi) is 3.98. The molecule has 0 amide bonds. The minimum absolute atomic E-state index is 0.782. The largest absolute Gasteiger partial charge is 0.233 e. The topological polar surface area (TPSA) is 30.7 Å². The maximum Gasteiger partial charge on any atom is 0.164 e. The number of hydrogen-bond donors (Lipinski definition) is 0. The second-order valence-corrected chi connectivity index (χ2v) is 7.54. The van der Waals surface area contributed by atoms with E-state index in [9.17, 15) is 0 Å². The zero-order valence-electron chi connectivity index (χ0n) is 15.2. The molecule has 2 heterocycles. The first kappa shape index (κ1) is 16.5. The molecule has 0 saturated heterocycles. The highest BCUT2D eigenvalue weighted by molar-refractivity contribution is 6.33. The summed E-state index contributed by atoms with van der Waals surface area (Å²) in [4.78, 5) is 5.09. The number of fused-ring (bicyclic) bond motifs is 2. The van der Waals surface area contributed by atoms with E-state index in [-0.39, 0.29) is 0 Å². The van der Waals surface area contributed by atoms with Crippen molar-refractivity contribution >= 4 is 22.6 Å². The maximum absolute atomic E-state index is 6.63. The van der Waals surface area contributed by atoms with Gasteiger partial charge in [0.1, 0.15) is 0 Å². The molecule has 5 rings (SSSR count). The molecular formula is C23H20ClN3. The Hall–Kier alpha value is -2.65. The zero-order valence-corrected chi connectivity index (χ0v) is 16.0. The first-order valence-electron chi connectivity index (χ1n) is 9.45. The molecule has 2 aromatic heterocycles. The Morgan fingerprint density at radius 2 is 1.67 bits per heavy atom. The summed E-state index contributed by atoms with van der Waals surface area (Å²) in [5.74, 6) is 0. The van der Waals surface area contributed by atoms with Crippen LogP contribution in [0.15, 0.2) is 54.6 Å². The number of aromatic nitrogens is 3. The van der Waals surface area contributed by atoms with Crippen molar-refractivity contribution < 1.29 is 0 Å². The van der Waals surface area contributed by atoms with E-state index >= 15 is 0 Å². The van der Waals surface area contributed by atoms with Gasteiger partial charge in [-0.2, -0.15) is 5.10 Å². The van der Waals surface area contributed by atoms with Gasteiger partial charge < -0.3 is 0 Å². The Bertz CT molecular complexity index is 1150. The Labute approximate surface area is 163 Å². The Morgan fingerprint density at radius 1 is 0.926 bits per heavy atom. The highest BCUT2D eigenvalue weighted by Crippen LogP contribution is 2.41. The summed E-state index contributed by atoms with van der Waals surface area (Å²) >= 11 is 6.63. The smallest absolute Gasteiger partial charge is 0.164 e. The quantitative estimate of drug-likeness (QED) is 0.436. The summed E-state index contributed by atoms with van der Waals surface area (Å²) in [5.41, 5.74) is 7.79. The fourth-order valence-electron chi connectivity index (χ4n) is 4.18. The van der Waals surface area contributed by atoms with Crippen molar-refractivity contribution in [3.63, 3.8) is 0 Å². The van der Waals surface area contributed by atoms with E-state index in [1.54, 1.807) is 0 Å². The van der Waals surface area contributed by atoms with E-state index in [0.717, 1.165) is 45.8 Å². The fraction of sp³-hybridized carbons (Fsp3) is 0.217. The number of rotatable bonds is 2. The van der Waals surface area contributed by atoms with E-state index in [0.29, 0.717) is 0 Å². The number of halogens is 1. The molecule has 2 aromatic carbocycles. The van der Waals surface area contributed by atoms with Gasteiger partial charge in [-0.25, -0.2) is 9.67 Å². The molecule has 0 unspecified atom stereocenters. The van der Waals surface area contributed by atoms with Gasteiger partial charge >= 0.3 is 0 Å². The summed E-state index contributed by atoms with van der Waals surface area (Å²) in [7, 11) is 0. The number of pyridine rings is 1. The first-order chi connectivity index (χ1) is 13.2. The number of nitrogens with zero attached hydrogens (tertiary/aromatic N) is 3. The van der Waals surface area contributed by atoms with Crippen LogP contribution >= 0.6 is 11.6 Å². The summed E-state index contributed by atoms with van der Waals surface area (Å²) in [6, 6.07) is 18.4. The third-order valence-electron chi connectivity index (χ3n) is 5.41. The molecule has 27 heavy (non-hydrogen) atoms. The zero-order chi connectivity index (χ0) is 18.4. The van der Waals surface area contributed by atoms with Gasteiger partial charge in [0.25, 0.3) is 0 Å². The van der Waals surface area contributed by atoms with Crippen LogP contribution in [0.1, 0.15) is 29.8 Å². The van der Waals surface area contributed by atoms with Crippen LogP contribution in [0, 0.1) is 6.92 Å². The lowest BCUT2D eigenvalue weighted by molar-refractivity contribution is 0.671. The number of para-hydroxylation sites is 1. The number of hydrogen-bond acceptors (Lipinski definition) is 2. The average molecular weight is 374 g/mol. The van der Waals surface area contributed by atoms with E-state index < -0.39 is 0 Å². The molecule has 134 valence electrons. The lowest BCUT2D eigenvalue weighted by Crippen LogP contribution is -2.09. The van der Waals surface area contributed by atoms with Crippen LogP contribution < -0.4 is 0 Å². The van der Waals surface area contributed by atoms with Crippen molar-refractivity contribution in [1.82, 2.24) is 14.8 Å². The standard InChI is InChI=1S/C23H20ClN3/c1-15-21-22(17-11-5-7-13-19(17)24)18-12-6-8-14-20(18)25-23(21)27(26-15)16-9-3-2-4-10-16/h2-5,7,9-11,13H,6,8,12,14H2,1H3. The van der Waals surface area contributed by atoms with Crippen molar-refractivity contribution in [2.45, 2.75) is 32.6 Å². The monoisotopic (exact) mass is 373 g/mol. The van der Waals surface area contributed by atoms with Gasteiger partial charge in [0.15, 0.2) is 5.65 Å². The van der Waals surface area contributed by atoms with E-state index in [1.165, 1.54) is 29.7 Å². The molecule has 4 heteroatoms. The molecular weight excluding hydrogens is 354 g/mol. The fourth-order valence-corrected chi connectivity index (χ4v) is 4.41. The van der Waals surface area contributed by atoms with Crippen LogP contribution in [0.4, 0.5) is 0 Å². The molecule has 0 aliphatic heterocycles. The van der Waals surface area contributed by atoms with Gasteiger partial charge in [0.2, 0.25) is 0 Å². The van der Waals surface area contributed by atoms with Gasteiger partial charge in [-0.05, 0) is 56.4 Å². The predicted molar refractivity (Wildman–Crippen MR) is 111 cm³/mol. The molecule has 3 nitrogen and oxygen atoms in total. The van der Waals surface area contributed by atoms with E-state index in [1.807, 2.05) is 35.0 Å². The van der Waals surface area contributed by atoms with Crippen LogP contribution in [0.5, 0.6) is 0 Å². The van der Waals surface area contributed by atoms with Gasteiger partial charge in [-0.3, -0.25) is 0 Å². The Balaban J connectivity index is 1.91. The first-order valence-corrected chi connectivity index (χ1v) is 9.83. The number of benzene rings is 2. The van der Waals surface area contributed by atoms with Crippen LogP contribution in [-0.4, -0.2) is 14.8 Å². The number of aryl methyl sites for hydroxylation is 2. The molecule has 0 fully saturated rings. The third-order valence-corrected chi connectivity index (χ3v) is 5.74. The van der Waals surface area contributed by atoms with Crippen molar-refractivity contribution in [3.05, 3.63) is 76.6 Å². The van der Waals surface area contributed by atoms with Crippen LogP contribution in [-0.2, 0) is 12.8 Å². The second kappa shape index (κ2) is 6.50. The molecule has 0 N–H and O–H groups in total. The minimum atomic E-state index is 0.782. The third kappa shape index (κ3) is 2.65. The molecule has 1 aliphatic rings. The predicted octanol–water partition coefficient (Wildman–Crippen LogP) is 5.93. The Morgan fingerprint density at radius 3 is 2.48 bits per heavy atom. The normalized spacial score (nSPS) is 13.7. The second-order valence-electron chi connectivity index (χ2n) is 7.13. The van der Waals surface area contributed by atoms with Gasteiger partial charge in [-0.15, -0.1) is 0 Å². The lowest BCUT2D eigenvalue weighted by Gasteiger charge is -2.21. The highest BCUT2D eigenvalue weighted by atomic mass is 35.5. The molecule has 0 spiro atoms. The van der Waals surface area contributed by atoms with Gasteiger partial charge in [-0.1, -0.05) is 48.0 Å². The summed E-state index contributed by atoms with van der Waals surface area (Å²) in [6.07, 6.45) is 4.45. The van der Waals surface area contributed by atoms with E-state index in [2.05, 4.69) is 31.2 Å². The van der Waals surface area contributed by atoms with Crippen molar-refractivity contribution in [2.75, 3.05) is 0 Å². The van der Waals surface area contributed by atoms with Crippen LogP contribution in [0.3, 0.4) is 0 Å². The van der Waals surface area contributed by atoms with E-state index in [4.69, 9.17) is 21.7 Å². The highest BCUT2D eigenvalue weighted by Gasteiger charge is 2.24. The molecule has 0 bridgehead atoms. The molecule has 0 saturated carbocycles.